The van der Waals surface area contributed by atoms with Gasteiger partial charge in [-0.15, -0.1) is 0 Å². The molecule has 1 fully saturated rings. The second-order valence-corrected chi connectivity index (χ2v) is 10.6. The summed E-state index contributed by atoms with van der Waals surface area (Å²) in [6.07, 6.45) is 5.28. The highest BCUT2D eigenvalue weighted by Crippen LogP contribution is 2.40. The summed E-state index contributed by atoms with van der Waals surface area (Å²) in [6, 6.07) is 9.28. The minimum Gasteiger partial charge on any atom is -0.468 e. The molecule has 0 atom stereocenters. The van der Waals surface area contributed by atoms with Crippen LogP contribution in [0.3, 0.4) is 0 Å². The molecule has 1 saturated heterocycles. The summed E-state index contributed by atoms with van der Waals surface area (Å²) in [4.78, 5) is 13.0. The van der Waals surface area contributed by atoms with Crippen molar-refractivity contribution in [1.29, 1.82) is 0 Å². The maximum atomic E-state index is 14.6. The lowest BCUT2D eigenvalue weighted by Crippen LogP contribution is -2.39. The molecule has 2 aliphatic rings. The highest BCUT2D eigenvalue weighted by molar-refractivity contribution is 7.89. The Bertz CT molecular complexity index is 1590. The minimum atomic E-state index is -3.82. The molecular formula is C23H18B2FN5O4S. The molecule has 3 aromatic heterocycles. The monoisotopic (exact) mass is 501 g/mol. The molecule has 0 bridgehead atoms. The molecule has 178 valence electrons. The van der Waals surface area contributed by atoms with E-state index in [2.05, 4.69) is 15.0 Å². The fourth-order valence-corrected chi connectivity index (χ4v) is 6.17. The van der Waals surface area contributed by atoms with Gasteiger partial charge in [0.25, 0.3) is 0 Å². The van der Waals surface area contributed by atoms with Crippen molar-refractivity contribution in [1.82, 2.24) is 23.8 Å². The van der Waals surface area contributed by atoms with Crippen molar-refractivity contribution in [3.05, 3.63) is 60.8 Å². The van der Waals surface area contributed by atoms with E-state index in [-0.39, 0.29) is 35.5 Å². The number of benzene rings is 1. The fraction of sp³-hybridized carbons (Fsp3) is 0.261. The van der Waals surface area contributed by atoms with Crippen molar-refractivity contribution in [3.63, 3.8) is 0 Å². The summed E-state index contributed by atoms with van der Waals surface area (Å²) >= 11 is 0. The Morgan fingerprint density at radius 1 is 1.06 bits per heavy atom. The molecule has 0 N–H and O–H groups in total. The van der Waals surface area contributed by atoms with Gasteiger partial charge in [0.1, 0.15) is 11.3 Å². The van der Waals surface area contributed by atoms with Crippen LogP contribution in [0.15, 0.2) is 59.9 Å². The quantitative estimate of drug-likeness (QED) is 0.396. The summed E-state index contributed by atoms with van der Waals surface area (Å²) < 4.78 is 55.2. The average Bonchev–Trinajstić information content (AvgIpc) is 3.39. The van der Waals surface area contributed by atoms with E-state index < -0.39 is 21.4 Å². The Hall–Kier alpha value is -3.44. The number of hydrogen-bond donors (Lipinski definition) is 0. The number of hydrogen-bond acceptors (Lipinski definition) is 7. The second kappa shape index (κ2) is 8.31. The van der Waals surface area contributed by atoms with Crippen LogP contribution in [-0.4, -0.2) is 66.6 Å². The summed E-state index contributed by atoms with van der Waals surface area (Å²) in [5.74, 6) is 0.382. The number of halogens is 1. The highest BCUT2D eigenvalue weighted by atomic mass is 32.2. The van der Waals surface area contributed by atoms with Gasteiger partial charge >= 0.3 is 0 Å². The number of imidazole rings is 1. The van der Waals surface area contributed by atoms with Crippen molar-refractivity contribution in [3.8, 4) is 22.9 Å². The van der Waals surface area contributed by atoms with Gasteiger partial charge in [0.2, 0.25) is 10.0 Å². The van der Waals surface area contributed by atoms with Gasteiger partial charge in [-0.05, 0) is 43.2 Å². The van der Waals surface area contributed by atoms with E-state index in [1.54, 1.807) is 18.3 Å². The van der Waals surface area contributed by atoms with Crippen molar-refractivity contribution >= 4 is 36.9 Å². The van der Waals surface area contributed by atoms with Crippen LogP contribution in [0, 0.1) is 5.82 Å². The first-order valence-electron chi connectivity index (χ1n) is 11.3. The number of piperidine rings is 1. The van der Waals surface area contributed by atoms with Gasteiger partial charge in [0.05, 0.1) is 16.7 Å². The average molecular weight is 501 g/mol. The number of nitrogens with zero attached hydrogens (tertiary/aromatic N) is 5. The van der Waals surface area contributed by atoms with Crippen LogP contribution < -0.4 is 9.47 Å². The molecule has 4 radical (unpaired) electrons. The first-order chi connectivity index (χ1) is 17.2. The predicted molar refractivity (Wildman–Crippen MR) is 130 cm³/mol. The third kappa shape index (κ3) is 3.82. The van der Waals surface area contributed by atoms with Gasteiger partial charge in [-0.2, -0.15) is 4.31 Å². The van der Waals surface area contributed by atoms with E-state index in [4.69, 9.17) is 25.2 Å². The van der Waals surface area contributed by atoms with Gasteiger partial charge in [-0.3, -0.25) is 4.98 Å². The predicted octanol–water partition coefficient (Wildman–Crippen LogP) is 2.38. The molecule has 0 unspecified atom stereocenters. The number of pyridine rings is 2. The summed E-state index contributed by atoms with van der Waals surface area (Å²) in [5.41, 5.74) is -0.270. The minimum absolute atomic E-state index is 0.0512. The zero-order chi connectivity index (χ0) is 25.1. The summed E-state index contributed by atoms with van der Waals surface area (Å²) in [7, 11) is 7.44. The number of aromatic nitrogens is 4. The van der Waals surface area contributed by atoms with E-state index >= 15 is 0 Å². The van der Waals surface area contributed by atoms with Gasteiger partial charge in [0, 0.05) is 37.6 Å². The van der Waals surface area contributed by atoms with Gasteiger partial charge in [-0.25, -0.2) is 22.8 Å². The van der Waals surface area contributed by atoms with Crippen molar-refractivity contribution in [2.45, 2.75) is 29.4 Å². The SMILES string of the molecule is [B]C1([B])Oc2ccc(S(=O)(=O)N3CCC(n4c(-c5ccncc5F)nc5cccnc54)CC3)cc2O1. The number of rotatable bonds is 4. The molecule has 36 heavy (non-hydrogen) atoms. The summed E-state index contributed by atoms with van der Waals surface area (Å²) in [6.45, 7) is 0.508. The molecule has 0 saturated carbocycles. The van der Waals surface area contributed by atoms with Crippen LogP contribution in [-0.2, 0) is 10.0 Å². The lowest BCUT2D eigenvalue weighted by atomic mass is 9.76. The molecule has 6 rings (SSSR count). The Labute approximate surface area is 209 Å². The molecule has 0 spiro atoms. The number of fused-ring (bicyclic) bond motifs is 2. The van der Waals surface area contributed by atoms with Crippen molar-refractivity contribution < 1.29 is 22.3 Å². The zero-order valence-corrected chi connectivity index (χ0v) is 19.7. The molecule has 13 heteroatoms. The maximum absolute atomic E-state index is 14.6. The van der Waals surface area contributed by atoms with Crippen LogP contribution >= 0.6 is 0 Å². The Kier molecular flexibility index (Phi) is 5.31. The van der Waals surface area contributed by atoms with E-state index in [0.29, 0.717) is 35.4 Å². The maximum Gasteiger partial charge on any atom is 0.243 e. The molecule has 5 heterocycles. The molecule has 0 aliphatic carbocycles. The first kappa shape index (κ1) is 23.0. The van der Waals surface area contributed by atoms with E-state index in [1.807, 2.05) is 10.6 Å². The second-order valence-electron chi connectivity index (χ2n) is 8.68. The van der Waals surface area contributed by atoms with Crippen LogP contribution in [0.25, 0.3) is 22.6 Å². The molecule has 1 aromatic carbocycles. The van der Waals surface area contributed by atoms with Crippen LogP contribution in [0.5, 0.6) is 11.5 Å². The normalized spacial score (nSPS) is 18.0. The largest absolute Gasteiger partial charge is 0.468 e. The lowest BCUT2D eigenvalue weighted by Gasteiger charge is -2.32. The standard InChI is InChI=1S/C23H18B2FN5O4S/c24-23(25)34-19-4-3-15(12-20(19)35-23)36(32,33)30-10-6-14(7-11-30)31-21(16-5-9-27-13-17(16)26)29-18-2-1-8-28-22(18)31/h1-5,8-9,12-14H,6-7,10-11H2. The van der Waals surface area contributed by atoms with Crippen molar-refractivity contribution in [2.24, 2.45) is 0 Å². The molecular weight excluding hydrogens is 483 g/mol. The molecule has 0 amide bonds. The Morgan fingerprint density at radius 3 is 2.61 bits per heavy atom. The molecule has 2 aliphatic heterocycles. The third-order valence-electron chi connectivity index (χ3n) is 6.34. The zero-order valence-electron chi connectivity index (χ0n) is 18.9. The van der Waals surface area contributed by atoms with Gasteiger partial charge < -0.3 is 14.0 Å². The molecule has 4 aromatic rings. The van der Waals surface area contributed by atoms with Crippen molar-refractivity contribution in [2.75, 3.05) is 13.1 Å². The number of sulfonamides is 1. The fourth-order valence-electron chi connectivity index (χ4n) is 4.69. The Morgan fingerprint density at radius 2 is 1.83 bits per heavy atom. The first-order valence-corrected chi connectivity index (χ1v) is 12.7. The third-order valence-corrected chi connectivity index (χ3v) is 8.24. The van der Waals surface area contributed by atoms with Crippen LogP contribution in [0.1, 0.15) is 18.9 Å². The highest BCUT2D eigenvalue weighted by Gasteiger charge is 2.35. The van der Waals surface area contributed by atoms with Gasteiger partial charge in [0.15, 0.2) is 44.2 Å². The smallest absolute Gasteiger partial charge is 0.243 e. The van der Waals surface area contributed by atoms with E-state index in [0.717, 1.165) is 6.20 Å². The Balaban J connectivity index is 1.29. The molecule has 9 nitrogen and oxygen atoms in total. The summed E-state index contributed by atoms with van der Waals surface area (Å²) in [5, 5.41) is 0. The topological polar surface area (TPSA) is 99.4 Å². The van der Waals surface area contributed by atoms with E-state index in [9.17, 15) is 12.8 Å². The van der Waals surface area contributed by atoms with Crippen LogP contribution in [0.2, 0.25) is 0 Å². The van der Waals surface area contributed by atoms with Crippen LogP contribution in [0.4, 0.5) is 4.39 Å². The number of ether oxygens (including phenoxy) is 2. The lowest BCUT2D eigenvalue weighted by molar-refractivity contribution is 0.0833. The van der Waals surface area contributed by atoms with Gasteiger partial charge in [-0.1, -0.05) is 0 Å². The van der Waals surface area contributed by atoms with E-state index in [1.165, 1.54) is 28.7 Å².